The van der Waals surface area contributed by atoms with Gasteiger partial charge in [-0.2, -0.15) is 35.5 Å². The van der Waals surface area contributed by atoms with E-state index in [4.69, 9.17) is 5.73 Å². The number of amides is 1. The second-order valence-electron chi connectivity index (χ2n) is 12.8. The van der Waals surface area contributed by atoms with Crippen molar-refractivity contribution in [3.05, 3.63) is 126 Å². The standard InChI is InChI=1S/C38H27N7O11S3/c39-37(47)17-21-1-4-23(5-2-21)40-41-34-14-12-32(28-10-7-25(19-30(28)34)58(51,52)53)42-43-33-13-15-35(31-20-26(59(54,55)56)8-11-29(31)33)44-45-38-27-9-6-24(57(48,49)50)18-22(27)3-16-36(38)46/h1-16,18-20,44H,17H2,(H2,39,47)(H,48,49,50)(H,51,52,53)(H,54,55,56)/b41-40?,43-42?,45-38+. The van der Waals surface area contributed by atoms with Gasteiger partial charge in [0.2, 0.25) is 11.7 Å². The molecule has 0 saturated heterocycles. The summed E-state index contributed by atoms with van der Waals surface area (Å²) in [5.74, 6) is -1.04. The second-order valence-corrected chi connectivity index (χ2v) is 17.1. The molecule has 18 nitrogen and oxygen atoms in total. The Hall–Kier alpha value is -6.88. The van der Waals surface area contributed by atoms with E-state index in [1.807, 2.05) is 0 Å². The van der Waals surface area contributed by atoms with Crippen molar-refractivity contribution in [3.8, 4) is 0 Å². The number of hydrogen-bond donors (Lipinski definition) is 5. The highest BCUT2D eigenvalue weighted by Crippen LogP contribution is 2.39. The third-order valence-corrected chi connectivity index (χ3v) is 11.4. The quantitative estimate of drug-likeness (QED) is 0.0500. The summed E-state index contributed by atoms with van der Waals surface area (Å²) in [6.07, 6.45) is 2.56. The van der Waals surface area contributed by atoms with Crippen LogP contribution in [0.3, 0.4) is 0 Å². The van der Waals surface area contributed by atoms with Crippen molar-refractivity contribution >= 4 is 104 Å². The average molecular weight is 854 g/mol. The molecule has 0 bridgehead atoms. The average Bonchev–Trinajstić information content (AvgIpc) is 3.18. The van der Waals surface area contributed by atoms with Crippen molar-refractivity contribution in [2.24, 2.45) is 31.3 Å². The summed E-state index contributed by atoms with van der Waals surface area (Å²) >= 11 is 0. The molecule has 1 aliphatic carbocycles. The molecule has 1 aliphatic rings. The maximum Gasteiger partial charge on any atom is 0.294 e. The number of benzene rings is 6. The third kappa shape index (κ3) is 8.84. The minimum Gasteiger partial charge on any atom is -0.369 e. The zero-order valence-electron chi connectivity index (χ0n) is 29.8. The van der Waals surface area contributed by atoms with Gasteiger partial charge in [0.15, 0.2) is 0 Å². The molecular weight excluding hydrogens is 827 g/mol. The van der Waals surface area contributed by atoms with E-state index in [0.29, 0.717) is 22.0 Å². The van der Waals surface area contributed by atoms with Gasteiger partial charge in [0.05, 0.1) is 49.5 Å². The van der Waals surface area contributed by atoms with Crippen molar-refractivity contribution < 1.29 is 48.5 Å². The van der Waals surface area contributed by atoms with E-state index < -0.39 is 56.7 Å². The van der Waals surface area contributed by atoms with Crippen LogP contribution in [0.5, 0.6) is 0 Å². The molecule has 0 saturated carbocycles. The van der Waals surface area contributed by atoms with Crippen LogP contribution in [-0.4, -0.2) is 56.3 Å². The molecule has 6 aromatic carbocycles. The fraction of sp³-hybridized carbons (Fsp3) is 0.0263. The smallest absolute Gasteiger partial charge is 0.294 e. The summed E-state index contributed by atoms with van der Waals surface area (Å²) in [6, 6.07) is 23.5. The number of nitrogens with zero attached hydrogens (tertiary/aromatic N) is 5. The molecule has 0 atom stereocenters. The third-order valence-electron chi connectivity index (χ3n) is 8.87. The van der Waals surface area contributed by atoms with Crippen LogP contribution in [0.25, 0.3) is 27.6 Å². The number of azo groups is 2. The van der Waals surface area contributed by atoms with Crippen LogP contribution in [0.1, 0.15) is 16.7 Å². The molecule has 298 valence electrons. The number of hydrazone groups is 1. The highest BCUT2D eigenvalue weighted by molar-refractivity contribution is 7.86. The minimum absolute atomic E-state index is 0.0380. The number of allylic oxidation sites excluding steroid dienone is 1. The Morgan fingerprint density at radius 1 is 0.576 bits per heavy atom. The molecule has 59 heavy (non-hydrogen) atoms. The Morgan fingerprint density at radius 3 is 1.68 bits per heavy atom. The largest absolute Gasteiger partial charge is 0.369 e. The number of anilines is 1. The zero-order chi connectivity index (χ0) is 42.3. The number of nitrogens with two attached hydrogens (primary N) is 1. The van der Waals surface area contributed by atoms with Gasteiger partial charge in [-0.15, -0.1) is 15.3 Å². The summed E-state index contributed by atoms with van der Waals surface area (Å²) < 4.78 is 101. The SMILES string of the molecule is NC(=O)Cc1ccc(N=Nc2ccc(N=Nc3ccc(N/N=C4/C(=O)C=Cc5cc(S(=O)(=O)O)ccc54)c4cc(S(=O)(=O)O)ccc34)c3ccc(S(=O)(=O)O)cc23)cc1. The summed E-state index contributed by atoms with van der Waals surface area (Å²) in [4.78, 5) is 22.8. The van der Waals surface area contributed by atoms with Gasteiger partial charge in [0.1, 0.15) is 5.71 Å². The molecule has 1 amide bonds. The number of ketones is 1. The number of carbonyl (C=O) groups is 2. The van der Waals surface area contributed by atoms with Gasteiger partial charge in [-0.05, 0) is 90.0 Å². The van der Waals surface area contributed by atoms with Crippen molar-refractivity contribution in [1.82, 2.24) is 0 Å². The van der Waals surface area contributed by atoms with Gasteiger partial charge in [0, 0.05) is 27.1 Å². The second kappa shape index (κ2) is 15.5. The van der Waals surface area contributed by atoms with Gasteiger partial charge in [-0.1, -0.05) is 36.4 Å². The Balaban J connectivity index is 1.27. The minimum atomic E-state index is -4.70. The Morgan fingerprint density at radius 2 is 1.08 bits per heavy atom. The fourth-order valence-electron chi connectivity index (χ4n) is 6.05. The topological polar surface area (TPSA) is 297 Å². The molecule has 0 heterocycles. The molecule has 0 spiro atoms. The van der Waals surface area contributed by atoms with E-state index in [9.17, 15) is 48.5 Å². The molecule has 6 N–H and O–H groups in total. The first-order chi connectivity index (χ1) is 27.8. The molecule has 21 heteroatoms. The van der Waals surface area contributed by atoms with Crippen molar-refractivity contribution in [1.29, 1.82) is 0 Å². The molecule has 0 aromatic heterocycles. The molecule has 0 aliphatic heterocycles. The molecule has 7 rings (SSSR count). The lowest BCUT2D eigenvalue weighted by atomic mass is 9.95. The first-order valence-corrected chi connectivity index (χ1v) is 21.1. The monoisotopic (exact) mass is 853 g/mol. The lowest BCUT2D eigenvalue weighted by molar-refractivity contribution is -0.117. The van der Waals surface area contributed by atoms with Crippen LogP contribution in [-0.2, 0) is 46.4 Å². The highest BCUT2D eigenvalue weighted by Gasteiger charge is 2.23. The van der Waals surface area contributed by atoms with Gasteiger partial charge < -0.3 is 5.73 Å². The Kier molecular flexibility index (Phi) is 10.6. The summed E-state index contributed by atoms with van der Waals surface area (Å²) in [7, 11) is -13.9. The van der Waals surface area contributed by atoms with Crippen LogP contribution in [0.2, 0.25) is 0 Å². The predicted molar refractivity (Wildman–Crippen MR) is 216 cm³/mol. The summed E-state index contributed by atoms with van der Waals surface area (Å²) in [5.41, 5.74) is 10.3. The zero-order valence-corrected chi connectivity index (χ0v) is 32.3. The van der Waals surface area contributed by atoms with E-state index in [-0.39, 0.29) is 56.8 Å². The molecule has 0 unspecified atom stereocenters. The van der Waals surface area contributed by atoms with E-state index in [1.165, 1.54) is 60.7 Å². The molecule has 0 fully saturated rings. The first kappa shape index (κ1) is 40.3. The van der Waals surface area contributed by atoms with Gasteiger partial charge in [-0.3, -0.25) is 28.7 Å². The van der Waals surface area contributed by atoms with Gasteiger partial charge in [0.25, 0.3) is 30.4 Å². The number of hydrogen-bond acceptors (Lipinski definition) is 14. The van der Waals surface area contributed by atoms with Gasteiger partial charge in [-0.25, -0.2) is 0 Å². The Bertz CT molecular complexity index is 3240. The van der Waals surface area contributed by atoms with Crippen LogP contribution in [0.4, 0.5) is 28.4 Å². The highest BCUT2D eigenvalue weighted by atomic mass is 32.2. The van der Waals surface area contributed by atoms with E-state index in [0.717, 1.165) is 24.3 Å². The molecule has 0 radical (unpaired) electrons. The van der Waals surface area contributed by atoms with Crippen LogP contribution >= 0.6 is 0 Å². The van der Waals surface area contributed by atoms with Crippen molar-refractivity contribution in [2.45, 2.75) is 21.1 Å². The maximum absolute atomic E-state index is 12.9. The van der Waals surface area contributed by atoms with E-state index in [2.05, 4.69) is 31.0 Å². The van der Waals surface area contributed by atoms with Crippen molar-refractivity contribution in [2.75, 3.05) is 5.43 Å². The van der Waals surface area contributed by atoms with Crippen LogP contribution in [0.15, 0.2) is 149 Å². The Labute approximate surface area is 334 Å². The normalized spacial score (nSPS) is 14.2. The lowest BCUT2D eigenvalue weighted by Crippen LogP contribution is -2.19. The number of nitrogens with one attached hydrogen (secondary N) is 1. The lowest BCUT2D eigenvalue weighted by Gasteiger charge is -2.14. The van der Waals surface area contributed by atoms with Crippen LogP contribution in [0, 0.1) is 0 Å². The number of rotatable bonds is 11. The van der Waals surface area contributed by atoms with Crippen LogP contribution < -0.4 is 11.2 Å². The maximum atomic E-state index is 12.9. The number of carbonyl (C=O) groups excluding carboxylic acids is 2. The van der Waals surface area contributed by atoms with E-state index in [1.54, 1.807) is 30.3 Å². The molecular formula is C38H27N7O11S3. The fourth-order valence-corrected chi connectivity index (χ4v) is 7.58. The summed E-state index contributed by atoms with van der Waals surface area (Å²) in [5, 5.41) is 22.6. The summed E-state index contributed by atoms with van der Waals surface area (Å²) in [6.45, 7) is 0. The first-order valence-electron chi connectivity index (χ1n) is 16.8. The van der Waals surface area contributed by atoms with Crippen molar-refractivity contribution in [3.63, 3.8) is 0 Å². The van der Waals surface area contributed by atoms with Gasteiger partial charge >= 0.3 is 0 Å². The predicted octanol–water partition coefficient (Wildman–Crippen LogP) is 7.00. The number of primary amides is 1. The van der Waals surface area contributed by atoms with E-state index >= 15 is 0 Å². The molecule has 6 aromatic rings. The number of fused-ring (bicyclic) bond motifs is 3.